The molecule has 2 heterocycles. The SMILES string of the molecule is CCN1CC(Nc2cc(Cl)nc(Cl)n2)C1. The van der Waals surface area contributed by atoms with Gasteiger partial charge in [-0.05, 0) is 18.1 Å². The standard InChI is InChI=1S/C9H12Cl2N4/c1-2-15-4-6(5-15)12-8-3-7(10)13-9(11)14-8/h3,6H,2,4-5H2,1H3,(H,12,13,14). The minimum Gasteiger partial charge on any atom is -0.365 e. The summed E-state index contributed by atoms with van der Waals surface area (Å²) in [6.45, 7) is 5.31. The highest BCUT2D eigenvalue weighted by Gasteiger charge is 2.25. The van der Waals surface area contributed by atoms with Crippen LogP contribution in [0.5, 0.6) is 0 Å². The molecule has 2 rings (SSSR count). The third kappa shape index (κ3) is 2.71. The molecule has 1 aliphatic heterocycles. The van der Waals surface area contributed by atoms with Crippen molar-refractivity contribution in [2.45, 2.75) is 13.0 Å². The fraction of sp³-hybridized carbons (Fsp3) is 0.556. The van der Waals surface area contributed by atoms with Gasteiger partial charge in [0.05, 0.1) is 6.04 Å². The van der Waals surface area contributed by atoms with Crippen LogP contribution in [0.15, 0.2) is 6.07 Å². The van der Waals surface area contributed by atoms with E-state index in [1.54, 1.807) is 6.07 Å². The number of hydrogen-bond donors (Lipinski definition) is 1. The molecule has 0 amide bonds. The summed E-state index contributed by atoms with van der Waals surface area (Å²) in [4.78, 5) is 10.2. The molecule has 1 aliphatic rings. The molecule has 0 spiro atoms. The lowest BCUT2D eigenvalue weighted by Gasteiger charge is -2.39. The number of nitrogens with one attached hydrogen (secondary N) is 1. The molecule has 1 fully saturated rings. The Bertz CT molecular complexity index is 332. The normalized spacial score (nSPS) is 17.5. The van der Waals surface area contributed by atoms with Crippen molar-refractivity contribution in [1.29, 1.82) is 0 Å². The van der Waals surface area contributed by atoms with E-state index in [1.165, 1.54) is 0 Å². The topological polar surface area (TPSA) is 41.0 Å². The van der Waals surface area contributed by atoms with Gasteiger partial charge in [0.15, 0.2) is 0 Å². The Morgan fingerprint density at radius 3 is 2.80 bits per heavy atom. The molecule has 0 radical (unpaired) electrons. The summed E-state index contributed by atoms with van der Waals surface area (Å²) in [7, 11) is 0. The molecule has 0 unspecified atom stereocenters. The van der Waals surface area contributed by atoms with E-state index in [2.05, 4.69) is 27.1 Å². The zero-order chi connectivity index (χ0) is 10.8. The molecule has 1 saturated heterocycles. The molecule has 0 saturated carbocycles. The van der Waals surface area contributed by atoms with Crippen LogP contribution >= 0.6 is 23.2 Å². The highest BCUT2D eigenvalue weighted by Crippen LogP contribution is 2.17. The van der Waals surface area contributed by atoms with Crippen molar-refractivity contribution in [2.75, 3.05) is 25.0 Å². The lowest BCUT2D eigenvalue weighted by Crippen LogP contribution is -2.54. The second-order valence-electron chi connectivity index (χ2n) is 3.54. The number of aromatic nitrogens is 2. The zero-order valence-electron chi connectivity index (χ0n) is 8.37. The second-order valence-corrected chi connectivity index (χ2v) is 4.26. The smallest absolute Gasteiger partial charge is 0.225 e. The zero-order valence-corrected chi connectivity index (χ0v) is 9.89. The summed E-state index contributed by atoms with van der Waals surface area (Å²) >= 11 is 11.5. The van der Waals surface area contributed by atoms with E-state index in [9.17, 15) is 0 Å². The molecule has 0 aliphatic carbocycles. The third-order valence-corrected chi connectivity index (χ3v) is 2.79. The van der Waals surface area contributed by atoms with Gasteiger partial charge in [0.25, 0.3) is 0 Å². The number of rotatable bonds is 3. The average molecular weight is 247 g/mol. The number of hydrogen-bond acceptors (Lipinski definition) is 4. The molecule has 0 bridgehead atoms. The van der Waals surface area contributed by atoms with Crippen molar-refractivity contribution in [1.82, 2.24) is 14.9 Å². The Morgan fingerprint density at radius 1 is 1.47 bits per heavy atom. The largest absolute Gasteiger partial charge is 0.365 e. The molecule has 82 valence electrons. The van der Waals surface area contributed by atoms with Gasteiger partial charge in [0.2, 0.25) is 5.28 Å². The number of anilines is 1. The Balaban J connectivity index is 1.94. The van der Waals surface area contributed by atoms with Crippen LogP contribution in [0.4, 0.5) is 5.82 Å². The van der Waals surface area contributed by atoms with Crippen molar-refractivity contribution in [2.24, 2.45) is 0 Å². The highest BCUT2D eigenvalue weighted by molar-refractivity contribution is 6.32. The maximum atomic E-state index is 5.76. The molecule has 4 nitrogen and oxygen atoms in total. The molecule has 0 atom stereocenters. The molecule has 0 aromatic carbocycles. The van der Waals surface area contributed by atoms with Crippen LogP contribution in [0.2, 0.25) is 10.4 Å². The van der Waals surface area contributed by atoms with E-state index in [1.807, 2.05) is 0 Å². The first kappa shape index (κ1) is 10.9. The van der Waals surface area contributed by atoms with E-state index >= 15 is 0 Å². The van der Waals surface area contributed by atoms with Gasteiger partial charge in [-0.25, -0.2) is 9.97 Å². The fourth-order valence-corrected chi connectivity index (χ4v) is 2.00. The Labute approximate surface area is 98.6 Å². The summed E-state index contributed by atoms with van der Waals surface area (Å²) in [6, 6.07) is 2.12. The second kappa shape index (κ2) is 4.51. The van der Waals surface area contributed by atoms with Gasteiger partial charge in [0, 0.05) is 19.2 Å². The van der Waals surface area contributed by atoms with Crippen LogP contribution in [-0.2, 0) is 0 Å². The first-order chi connectivity index (χ1) is 7.17. The highest BCUT2D eigenvalue weighted by atomic mass is 35.5. The Kier molecular flexibility index (Phi) is 3.29. The van der Waals surface area contributed by atoms with E-state index in [0.717, 1.165) is 19.6 Å². The Hall–Kier alpha value is -0.580. The predicted octanol–water partition coefficient (Wildman–Crippen LogP) is 1.90. The summed E-state index contributed by atoms with van der Waals surface area (Å²) in [5.41, 5.74) is 0. The molecule has 1 N–H and O–H groups in total. The van der Waals surface area contributed by atoms with Crippen molar-refractivity contribution in [3.8, 4) is 0 Å². The van der Waals surface area contributed by atoms with Gasteiger partial charge in [-0.3, -0.25) is 4.90 Å². The van der Waals surface area contributed by atoms with E-state index < -0.39 is 0 Å². The van der Waals surface area contributed by atoms with Crippen molar-refractivity contribution in [3.63, 3.8) is 0 Å². The summed E-state index contributed by atoms with van der Waals surface area (Å²) in [6.07, 6.45) is 0. The average Bonchev–Trinajstić information content (AvgIpc) is 2.08. The lowest BCUT2D eigenvalue weighted by atomic mass is 10.1. The quantitative estimate of drug-likeness (QED) is 0.654. The molecule has 6 heteroatoms. The van der Waals surface area contributed by atoms with Crippen LogP contribution in [0.25, 0.3) is 0 Å². The third-order valence-electron chi connectivity index (χ3n) is 2.42. The van der Waals surface area contributed by atoms with Crippen LogP contribution in [0.1, 0.15) is 6.92 Å². The van der Waals surface area contributed by atoms with Crippen molar-refractivity contribution in [3.05, 3.63) is 16.5 Å². The lowest BCUT2D eigenvalue weighted by molar-refractivity contribution is 0.171. The van der Waals surface area contributed by atoms with E-state index in [-0.39, 0.29) is 5.28 Å². The molecular formula is C9H12Cl2N4. The van der Waals surface area contributed by atoms with Crippen LogP contribution < -0.4 is 5.32 Å². The number of likely N-dealkylation sites (tertiary alicyclic amines) is 1. The van der Waals surface area contributed by atoms with E-state index in [0.29, 0.717) is 17.0 Å². The molecule has 1 aromatic heterocycles. The van der Waals surface area contributed by atoms with Gasteiger partial charge in [-0.1, -0.05) is 18.5 Å². The maximum Gasteiger partial charge on any atom is 0.225 e. The van der Waals surface area contributed by atoms with Crippen LogP contribution in [-0.4, -0.2) is 40.5 Å². The first-order valence-corrected chi connectivity index (χ1v) is 5.62. The summed E-state index contributed by atoms with van der Waals surface area (Å²) < 4.78 is 0. The van der Waals surface area contributed by atoms with Gasteiger partial charge in [-0.2, -0.15) is 0 Å². The van der Waals surface area contributed by atoms with Gasteiger partial charge in [0.1, 0.15) is 11.0 Å². The Morgan fingerprint density at radius 2 is 2.20 bits per heavy atom. The molecular weight excluding hydrogens is 235 g/mol. The van der Waals surface area contributed by atoms with Crippen molar-refractivity contribution < 1.29 is 0 Å². The molecule has 1 aromatic rings. The minimum absolute atomic E-state index is 0.177. The van der Waals surface area contributed by atoms with Crippen molar-refractivity contribution >= 4 is 29.0 Å². The monoisotopic (exact) mass is 246 g/mol. The number of halogens is 2. The summed E-state index contributed by atoms with van der Waals surface area (Å²) in [5.74, 6) is 0.695. The minimum atomic E-state index is 0.177. The van der Waals surface area contributed by atoms with E-state index in [4.69, 9.17) is 23.2 Å². The first-order valence-electron chi connectivity index (χ1n) is 4.86. The molecule has 15 heavy (non-hydrogen) atoms. The fourth-order valence-electron chi connectivity index (χ4n) is 1.59. The number of nitrogens with zero attached hydrogens (tertiary/aromatic N) is 3. The van der Waals surface area contributed by atoms with Gasteiger partial charge >= 0.3 is 0 Å². The van der Waals surface area contributed by atoms with Gasteiger partial charge in [-0.15, -0.1) is 0 Å². The summed E-state index contributed by atoms with van der Waals surface area (Å²) in [5, 5.41) is 3.81. The van der Waals surface area contributed by atoms with Crippen LogP contribution in [0.3, 0.4) is 0 Å². The number of likely N-dealkylation sites (N-methyl/N-ethyl adjacent to an activating group) is 1. The van der Waals surface area contributed by atoms with Gasteiger partial charge < -0.3 is 5.32 Å². The predicted molar refractivity (Wildman–Crippen MR) is 61.6 cm³/mol. The van der Waals surface area contributed by atoms with Crippen LogP contribution in [0, 0.1) is 0 Å². The maximum absolute atomic E-state index is 5.76.